The molecule has 0 spiro atoms. The van der Waals surface area contributed by atoms with Crippen molar-refractivity contribution in [2.24, 2.45) is 17.8 Å². The fourth-order valence-electron chi connectivity index (χ4n) is 4.31. The second-order valence-corrected chi connectivity index (χ2v) is 6.65. The van der Waals surface area contributed by atoms with Gasteiger partial charge in [0, 0.05) is 0 Å². The lowest BCUT2D eigenvalue weighted by molar-refractivity contribution is 0.262. The first-order chi connectivity index (χ1) is 9.28. The first kappa shape index (κ1) is 13.2. The lowest BCUT2D eigenvalue weighted by Crippen LogP contribution is -2.26. The van der Waals surface area contributed by atoms with Crippen molar-refractivity contribution >= 4 is 0 Å². The SMILES string of the molecule is CCCNC(CC1CC2CCC1C2)c1occc1C. The average molecular weight is 261 g/mol. The Kier molecular flexibility index (Phi) is 3.97. The molecule has 1 aromatic rings. The van der Waals surface area contributed by atoms with Crippen molar-refractivity contribution < 1.29 is 4.42 Å². The summed E-state index contributed by atoms with van der Waals surface area (Å²) in [6.07, 6.45) is 10.2. The zero-order chi connectivity index (χ0) is 13.2. The third-order valence-corrected chi connectivity index (χ3v) is 5.28. The molecule has 2 nitrogen and oxygen atoms in total. The van der Waals surface area contributed by atoms with E-state index < -0.39 is 0 Å². The molecule has 0 radical (unpaired) electrons. The first-order valence-corrected chi connectivity index (χ1v) is 8.05. The molecule has 2 fully saturated rings. The predicted molar refractivity (Wildman–Crippen MR) is 78.0 cm³/mol. The molecule has 1 N–H and O–H groups in total. The molecule has 2 aliphatic rings. The summed E-state index contributed by atoms with van der Waals surface area (Å²) >= 11 is 0. The van der Waals surface area contributed by atoms with Gasteiger partial charge in [-0.1, -0.05) is 13.3 Å². The van der Waals surface area contributed by atoms with Crippen LogP contribution in [-0.4, -0.2) is 6.54 Å². The second-order valence-electron chi connectivity index (χ2n) is 6.65. The van der Waals surface area contributed by atoms with E-state index in [0.29, 0.717) is 6.04 Å². The average Bonchev–Trinajstić information content (AvgIpc) is 3.10. The molecule has 4 unspecified atom stereocenters. The molecule has 19 heavy (non-hydrogen) atoms. The van der Waals surface area contributed by atoms with Crippen LogP contribution in [0.4, 0.5) is 0 Å². The van der Waals surface area contributed by atoms with E-state index >= 15 is 0 Å². The van der Waals surface area contributed by atoms with Gasteiger partial charge in [0.2, 0.25) is 0 Å². The summed E-state index contributed by atoms with van der Waals surface area (Å²) in [5.74, 6) is 4.15. The van der Waals surface area contributed by atoms with Crippen LogP contribution in [0.5, 0.6) is 0 Å². The van der Waals surface area contributed by atoms with Crippen LogP contribution in [-0.2, 0) is 0 Å². The van der Waals surface area contributed by atoms with E-state index in [1.165, 1.54) is 49.8 Å². The Balaban J connectivity index is 1.67. The number of rotatable bonds is 6. The summed E-state index contributed by atoms with van der Waals surface area (Å²) in [5.41, 5.74) is 1.30. The van der Waals surface area contributed by atoms with Crippen LogP contribution in [0, 0.1) is 24.7 Å². The molecular weight excluding hydrogens is 234 g/mol. The van der Waals surface area contributed by atoms with Gasteiger partial charge in [-0.3, -0.25) is 0 Å². The lowest BCUT2D eigenvalue weighted by atomic mass is 9.83. The molecule has 0 amide bonds. The molecular formula is C17H27NO. The topological polar surface area (TPSA) is 25.2 Å². The van der Waals surface area contributed by atoms with Gasteiger partial charge in [-0.25, -0.2) is 0 Å². The molecule has 2 heteroatoms. The Morgan fingerprint density at radius 3 is 2.84 bits per heavy atom. The van der Waals surface area contributed by atoms with Crippen molar-refractivity contribution in [3.8, 4) is 0 Å². The molecule has 2 saturated carbocycles. The molecule has 1 aromatic heterocycles. The fraction of sp³-hybridized carbons (Fsp3) is 0.765. The van der Waals surface area contributed by atoms with Gasteiger partial charge in [-0.15, -0.1) is 0 Å². The van der Waals surface area contributed by atoms with Gasteiger partial charge in [0.25, 0.3) is 0 Å². The van der Waals surface area contributed by atoms with Crippen LogP contribution >= 0.6 is 0 Å². The van der Waals surface area contributed by atoms with Gasteiger partial charge < -0.3 is 9.73 Å². The van der Waals surface area contributed by atoms with E-state index in [0.717, 1.165) is 24.3 Å². The Hall–Kier alpha value is -0.760. The van der Waals surface area contributed by atoms with Gasteiger partial charge in [-0.05, 0) is 75.0 Å². The number of aryl methyl sites for hydroxylation is 1. The molecule has 0 aliphatic heterocycles. The quantitative estimate of drug-likeness (QED) is 0.818. The van der Waals surface area contributed by atoms with Gasteiger partial charge in [0.1, 0.15) is 5.76 Å². The van der Waals surface area contributed by atoms with Gasteiger partial charge in [-0.2, -0.15) is 0 Å². The highest BCUT2D eigenvalue weighted by Gasteiger charge is 2.40. The summed E-state index contributed by atoms with van der Waals surface area (Å²) < 4.78 is 5.75. The highest BCUT2D eigenvalue weighted by Crippen LogP contribution is 2.51. The minimum Gasteiger partial charge on any atom is -0.467 e. The van der Waals surface area contributed by atoms with Crippen LogP contribution in [0.15, 0.2) is 16.7 Å². The summed E-state index contributed by atoms with van der Waals surface area (Å²) in [7, 11) is 0. The number of nitrogens with one attached hydrogen (secondary N) is 1. The monoisotopic (exact) mass is 261 g/mol. The van der Waals surface area contributed by atoms with Crippen molar-refractivity contribution in [1.29, 1.82) is 0 Å². The maximum atomic E-state index is 5.75. The van der Waals surface area contributed by atoms with Crippen molar-refractivity contribution in [2.45, 2.75) is 58.4 Å². The standard InChI is InChI=1S/C17H27NO/c1-3-7-18-16(17-12(2)6-8-19-17)11-15-10-13-4-5-14(15)9-13/h6,8,13-16,18H,3-5,7,9-11H2,1-2H3. The molecule has 2 bridgehead atoms. The molecule has 1 heterocycles. The van der Waals surface area contributed by atoms with Crippen LogP contribution < -0.4 is 5.32 Å². The highest BCUT2D eigenvalue weighted by molar-refractivity contribution is 5.18. The van der Waals surface area contributed by atoms with Crippen molar-refractivity contribution in [2.75, 3.05) is 6.54 Å². The van der Waals surface area contributed by atoms with Crippen molar-refractivity contribution in [3.63, 3.8) is 0 Å². The number of hydrogen-bond donors (Lipinski definition) is 1. The second kappa shape index (κ2) is 5.70. The first-order valence-electron chi connectivity index (χ1n) is 8.05. The van der Waals surface area contributed by atoms with E-state index in [4.69, 9.17) is 4.42 Å². The van der Waals surface area contributed by atoms with Gasteiger partial charge in [0.05, 0.1) is 12.3 Å². The maximum Gasteiger partial charge on any atom is 0.123 e. The third-order valence-electron chi connectivity index (χ3n) is 5.28. The van der Waals surface area contributed by atoms with E-state index in [9.17, 15) is 0 Å². The molecule has 0 saturated heterocycles. The lowest BCUT2D eigenvalue weighted by Gasteiger charge is -2.26. The minimum atomic E-state index is 0.430. The maximum absolute atomic E-state index is 5.75. The fourth-order valence-corrected chi connectivity index (χ4v) is 4.31. The molecule has 4 atom stereocenters. The van der Waals surface area contributed by atoms with Crippen molar-refractivity contribution in [3.05, 3.63) is 23.7 Å². The zero-order valence-corrected chi connectivity index (χ0v) is 12.3. The Morgan fingerprint density at radius 2 is 2.26 bits per heavy atom. The van der Waals surface area contributed by atoms with Crippen LogP contribution in [0.1, 0.15) is 62.8 Å². The summed E-state index contributed by atoms with van der Waals surface area (Å²) in [6, 6.07) is 2.52. The van der Waals surface area contributed by atoms with Crippen LogP contribution in [0.2, 0.25) is 0 Å². The molecule has 3 rings (SSSR count). The number of fused-ring (bicyclic) bond motifs is 2. The van der Waals surface area contributed by atoms with Crippen molar-refractivity contribution in [1.82, 2.24) is 5.32 Å². The zero-order valence-electron chi connectivity index (χ0n) is 12.3. The number of hydrogen-bond acceptors (Lipinski definition) is 2. The highest BCUT2D eigenvalue weighted by atomic mass is 16.3. The van der Waals surface area contributed by atoms with Gasteiger partial charge >= 0.3 is 0 Å². The normalized spacial score (nSPS) is 30.9. The minimum absolute atomic E-state index is 0.430. The van der Waals surface area contributed by atoms with E-state index in [1.54, 1.807) is 0 Å². The van der Waals surface area contributed by atoms with Crippen LogP contribution in [0.25, 0.3) is 0 Å². The summed E-state index contributed by atoms with van der Waals surface area (Å²) in [4.78, 5) is 0. The Morgan fingerprint density at radius 1 is 1.37 bits per heavy atom. The smallest absolute Gasteiger partial charge is 0.123 e. The summed E-state index contributed by atoms with van der Waals surface area (Å²) in [5, 5.41) is 3.71. The molecule has 106 valence electrons. The van der Waals surface area contributed by atoms with Crippen LogP contribution in [0.3, 0.4) is 0 Å². The van der Waals surface area contributed by atoms with Gasteiger partial charge in [0.15, 0.2) is 0 Å². The molecule has 2 aliphatic carbocycles. The Bertz CT molecular complexity index is 411. The van der Waals surface area contributed by atoms with E-state index in [1.807, 2.05) is 6.26 Å². The number of furan rings is 1. The predicted octanol–water partition coefficient (Wildman–Crippen LogP) is 4.46. The summed E-state index contributed by atoms with van der Waals surface area (Å²) in [6.45, 7) is 5.49. The molecule has 0 aromatic carbocycles. The Labute approximate surface area is 117 Å². The van der Waals surface area contributed by atoms with E-state index in [2.05, 4.69) is 25.2 Å². The third kappa shape index (κ3) is 2.74. The van der Waals surface area contributed by atoms with E-state index in [-0.39, 0.29) is 0 Å². The largest absolute Gasteiger partial charge is 0.467 e.